The molecule has 0 aliphatic heterocycles. The Kier molecular flexibility index (Phi) is 6.38. The summed E-state index contributed by atoms with van der Waals surface area (Å²) in [5.74, 6) is 0.473. The Balaban J connectivity index is 2.67. The van der Waals surface area contributed by atoms with Gasteiger partial charge in [0.15, 0.2) is 0 Å². The van der Waals surface area contributed by atoms with E-state index >= 15 is 0 Å². The second kappa shape index (κ2) is 7.56. The van der Waals surface area contributed by atoms with Gasteiger partial charge in [-0.1, -0.05) is 31.5 Å². The number of esters is 1. The lowest BCUT2D eigenvalue weighted by molar-refractivity contribution is -0.142. The Bertz CT molecular complexity index is 432. The first kappa shape index (κ1) is 16.1. The molecule has 19 heavy (non-hydrogen) atoms. The first-order valence-electron chi connectivity index (χ1n) is 6.48. The zero-order valence-corrected chi connectivity index (χ0v) is 13.1. The molecule has 0 bridgehead atoms. The highest BCUT2D eigenvalue weighted by Crippen LogP contribution is 2.24. The topological polar surface area (TPSA) is 38.3 Å². The highest BCUT2D eigenvalue weighted by Gasteiger charge is 2.20. The van der Waals surface area contributed by atoms with Gasteiger partial charge < -0.3 is 10.1 Å². The van der Waals surface area contributed by atoms with E-state index in [4.69, 9.17) is 4.74 Å². The molecule has 106 valence electrons. The fraction of sp³-hybridized carbons (Fsp3) is 0.533. The molecule has 1 N–H and O–H groups in total. The van der Waals surface area contributed by atoms with Crippen molar-refractivity contribution in [2.24, 2.45) is 0 Å². The first-order chi connectivity index (χ1) is 8.93. The van der Waals surface area contributed by atoms with Crippen molar-refractivity contribution in [3.8, 4) is 0 Å². The minimum atomic E-state index is -0.268. The molecule has 0 spiro atoms. The van der Waals surface area contributed by atoms with Gasteiger partial charge in [-0.15, -0.1) is 11.8 Å². The van der Waals surface area contributed by atoms with Crippen molar-refractivity contribution < 1.29 is 9.53 Å². The molecular formula is C15H23NO2S. The number of thioether (sulfide) groups is 1. The number of carbonyl (C=O) groups excluding carboxylic acids is 1. The maximum absolute atomic E-state index is 11.7. The second-order valence-electron chi connectivity index (χ2n) is 4.98. The molecule has 4 heteroatoms. The van der Waals surface area contributed by atoms with Crippen LogP contribution in [0.1, 0.15) is 25.0 Å². The van der Waals surface area contributed by atoms with E-state index in [0.29, 0.717) is 5.75 Å². The Hall–Kier alpha value is -1.00. The zero-order valence-electron chi connectivity index (χ0n) is 12.3. The molecule has 1 atom stereocenters. The number of hydrogen-bond acceptors (Lipinski definition) is 4. The summed E-state index contributed by atoms with van der Waals surface area (Å²) in [5, 5.41) is 3.24. The summed E-state index contributed by atoms with van der Waals surface area (Å²) < 4.78 is 4.84. The number of rotatable bonds is 6. The number of benzene rings is 1. The lowest BCUT2D eigenvalue weighted by Gasteiger charge is -2.19. The average Bonchev–Trinajstić information content (AvgIpc) is 2.34. The van der Waals surface area contributed by atoms with E-state index in [1.54, 1.807) is 11.8 Å². The minimum Gasteiger partial charge on any atom is -0.468 e. The van der Waals surface area contributed by atoms with Gasteiger partial charge in [0.2, 0.25) is 0 Å². The predicted octanol–water partition coefficient (Wildman–Crippen LogP) is 2.94. The summed E-state index contributed by atoms with van der Waals surface area (Å²) in [6, 6.07) is 6.35. The van der Waals surface area contributed by atoms with E-state index in [2.05, 4.69) is 37.4 Å². The van der Waals surface area contributed by atoms with Gasteiger partial charge in [0.1, 0.15) is 6.04 Å². The van der Waals surface area contributed by atoms with E-state index in [-0.39, 0.29) is 18.1 Å². The largest absolute Gasteiger partial charge is 0.468 e. The van der Waals surface area contributed by atoms with Gasteiger partial charge in [-0.05, 0) is 25.5 Å². The maximum Gasteiger partial charge on any atom is 0.323 e. The van der Waals surface area contributed by atoms with Crippen LogP contribution >= 0.6 is 11.8 Å². The molecule has 1 aromatic carbocycles. The Morgan fingerprint density at radius 3 is 2.58 bits per heavy atom. The molecule has 0 aliphatic carbocycles. The van der Waals surface area contributed by atoms with Gasteiger partial charge in [-0.25, -0.2) is 0 Å². The molecule has 0 radical (unpaired) electrons. The summed E-state index contributed by atoms with van der Waals surface area (Å²) >= 11 is 1.69. The molecule has 0 fully saturated rings. The van der Waals surface area contributed by atoms with Crippen LogP contribution < -0.4 is 5.32 Å². The number of hydrogen-bond donors (Lipinski definition) is 1. The molecule has 1 unspecified atom stereocenters. The lowest BCUT2D eigenvalue weighted by Crippen LogP contribution is -2.43. The monoisotopic (exact) mass is 281 g/mol. The Morgan fingerprint density at radius 2 is 2.05 bits per heavy atom. The van der Waals surface area contributed by atoms with Gasteiger partial charge in [-0.3, -0.25) is 4.79 Å². The number of ether oxygens (including phenoxy) is 1. The highest BCUT2D eigenvalue weighted by atomic mass is 32.2. The lowest BCUT2D eigenvalue weighted by atomic mass is 10.2. The smallest absolute Gasteiger partial charge is 0.323 e. The van der Waals surface area contributed by atoms with E-state index in [0.717, 1.165) is 0 Å². The summed E-state index contributed by atoms with van der Waals surface area (Å²) in [6.07, 6.45) is 0. The molecule has 0 saturated heterocycles. The van der Waals surface area contributed by atoms with Crippen LogP contribution in [0.25, 0.3) is 0 Å². The Labute approximate surface area is 120 Å². The zero-order chi connectivity index (χ0) is 14.4. The predicted molar refractivity (Wildman–Crippen MR) is 80.7 cm³/mol. The van der Waals surface area contributed by atoms with Crippen LogP contribution in [-0.2, 0) is 9.53 Å². The van der Waals surface area contributed by atoms with Gasteiger partial charge in [0.25, 0.3) is 0 Å². The minimum absolute atomic E-state index is 0.203. The van der Waals surface area contributed by atoms with Crippen LogP contribution in [0.2, 0.25) is 0 Å². The third kappa shape index (κ3) is 5.25. The summed E-state index contributed by atoms with van der Waals surface area (Å²) in [7, 11) is 1.43. The molecule has 1 aromatic rings. The average molecular weight is 281 g/mol. The third-order valence-corrected chi connectivity index (χ3v) is 4.03. The van der Waals surface area contributed by atoms with Gasteiger partial charge in [0, 0.05) is 16.7 Å². The quantitative estimate of drug-likeness (QED) is 0.643. The van der Waals surface area contributed by atoms with E-state index in [1.165, 1.54) is 23.1 Å². The fourth-order valence-electron chi connectivity index (χ4n) is 1.86. The van der Waals surface area contributed by atoms with Gasteiger partial charge in [0.05, 0.1) is 7.11 Å². The summed E-state index contributed by atoms with van der Waals surface area (Å²) in [5.41, 5.74) is 2.50. The fourth-order valence-corrected chi connectivity index (χ4v) is 2.89. The molecule has 0 aliphatic rings. The van der Waals surface area contributed by atoms with Crippen LogP contribution in [0.4, 0.5) is 0 Å². The second-order valence-corrected chi connectivity index (χ2v) is 6.04. The van der Waals surface area contributed by atoms with Crippen molar-refractivity contribution in [1.82, 2.24) is 5.32 Å². The van der Waals surface area contributed by atoms with E-state index < -0.39 is 0 Å². The van der Waals surface area contributed by atoms with Gasteiger partial charge >= 0.3 is 5.97 Å². The molecular weight excluding hydrogens is 258 g/mol. The normalized spacial score (nSPS) is 12.5. The van der Waals surface area contributed by atoms with Crippen molar-refractivity contribution >= 4 is 17.7 Å². The summed E-state index contributed by atoms with van der Waals surface area (Å²) in [6.45, 7) is 8.23. The molecule has 0 heterocycles. The molecule has 0 aromatic heterocycles. The van der Waals surface area contributed by atoms with Crippen LogP contribution in [0.5, 0.6) is 0 Å². The first-order valence-corrected chi connectivity index (χ1v) is 7.46. The molecule has 1 rings (SSSR count). The van der Waals surface area contributed by atoms with Crippen molar-refractivity contribution in [1.29, 1.82) is 0 Å². The maximum atomic E-state index is 11.7. The number of methoxy groups -OCH3 is 1. The summed E-state index contributed by atoms with van der Waals surface area (Å²) in [4.78, 5) is 12.9. The van der Waals surface area contributed by atoms with Crippen molar-refractivity contribution in [2.45, 2.75) is 44.7 Å². The number of carbonyl (C=O) groups is 1. The van der Waals surface area contributed by atoms with Crippen LogP contribution in [-0.4, -0.2) is 30.9 Å². The molecule has 0 amide bonds. The molecule has 3 nitrogen and oxygen atoms in total. The Morgan fingerprint density at radius 1 is 1.37 bits per heavy atom. The van der Waals surface area contributed by atoms with E-state index in [1.807, 2.05) is 13.8 Å². The van der Waals surface area contributed by atoms with E-state index in [9.17, 15) is 4.79 Å². The van der Waals surface area contributed by atoms with Crippen molar-refractivity contribution in [3.05, 3.63) is 29.3 Å². The van der Waals surface area contributed by atoms with Gasteiger partial charge in [-0.2, -0.15) is 0 Å². The van der Waals surface area contributed by atoms with Crippen molar-refractivity contribution in [3.63, 3.8) is 0 Å². The van der Waals surface area contributed by atoms with Crippen LogP contribution in [0.3, 0.4) is 0 Å². The highest BCUT2D eigenvalue weighted by molar-refractivity contribution is 7.99. The number of aryl methyl sites for hydroxylation is 2. The molecule has 0 saturated carbocycles. The van der Waals surface area contributed by atoms with Crippen LogP contribution in [0.15, 0.2) is 23.1 Å². The third-order valence-electron chi connectivity index (χ3n) is 2.76. The number of nitrogens with one attached hydrogen (secondary N) is 1. The SMILES string of the molecule is COC(=O)C(CSc1ccc(C)cc1C)NC(C)C. The van der Waals surface area contributed by atoms with Crippen molar-refractivity contribution in [2.75, 3.05) is 12.9 Å². The van der Waals surface area contributed by atoms with Crippen LogP contribution in [0, 0.1) is 13.8 Å². The standard InChI is InChI=1S/C15H23NO2S/c1-10(2)16-13(15(17)18-5)9-19-14-7-6-11(3)8-12(14)4/h6-8,10,13,16H,9H2,1-5H3.